The van der Waals surface area contributed by atoms with E-state index in [1.54, 1.807) is 0 Å². The van der Waals surface area contributed by atoms with Crippen LogP contribution in [-0.2, 0) is 18.4 Å². The molecule has 0 heterocycles. The normalized spacial score (nSPS) is 14.7. The lowest BCUT2D eigenvalue weighted by molar-refractivity contribution is -0.870. The van der Waals surface area contributed by atoms with Gasteiger partial charge in [0.25, 0.3) is 0 Å². The summed E-state index contributed by atoms with van der Waals surface area (Å²) >= 11 is 0. The zero-order chi connectivity index (χ0) is 36.5. The zero-order valence-electron chi connectivity index (χ0n) is 32.9. The van der Waals surface area contributed by atoms with Crippen molar-refractivity contribution in [3.63, 3.8) is 0 Å². The molecule has 1 amide bonds. The molecule has 292 valence electrons. The summed E-state index contributed by atoms with van der Waals surface area (Å²) in [5.41, 5.74) is 0. The van der Waals surface area contributed by atoms with Crippen LogP contribution < -0.4 is 5.32 Å². The Morgan fingerprint density at radius 3 is 1.57 bits per heavy atom. The van der Waals surface area contributed by atoms with Crippen LogP contribution in [-0.4, -0.2) is 73.4 Å². The number of aliphatic hydroxyl groups excluding tert-OH is 1. The van der Waals surface area contributed by atoms with Gasteiger partial charge in [-0.05, 0) is 38.5 Å². The molecule has 0 spiro atoms. The third-order valence-corrected chi connectivity index (χ3v) is 10.2. The Labute approximate surface area is 303 Å². The second kappa shape index (κ2) is 33.1. The van der Waals surface area contributed by atoms with E-state index in [4.69, 9.17) is 9.05 Å². The number of quaternary nitrogens is 1. The first-order valence-corrected chi connectivity index (χ1v) is 22.0. The number of amides is 1. The molecule has 1 unspecified atom stereocenters. The van der Waals surface area contributed by atoms with E-state index in [1.165, 1.54) is 116 Å². The predicted molar refractivity (Wildman–Crippen MR) is 208 cm³/mol. The second-order valence-electron chi connectivity index (χ2n) is 15.4. The summed E-state index contributed by atoms with van der Waals surface area (Å²) in [7, 11) is 1.60. The van der Waals surface area contributed by atoms with E-state index in [0.29, 0.717) is 23.9 Å². The van der Waals surface area contributed by atoms with Crippen molar-refractivity contribution in [3.8, 4) is 0 Å². The number of rotatable bonds is 37. The molecule has 3 N–H and O–H groups in total. The third kappa shape index (κ3) is 35.4. The van der Waals surface area contributed by atoms with Crippen LogP contribution in [0.2, 0.25) is 0 Å². The van der Waals surface area contributed by atoms with Crippen molar-refractivity contribution in [2.24, 2.45) is 0 Å². The molecule has 0 saturated carbocycles. The van der Waals surface area contributed by atoms with E-state index in [-0.39, 0.29) is 19.1 Å². The Morgan fingerprint density at radius 2 is 1.10 bits per heavy atom. The number of likely N-dealkylation sites (N-methyl/N-ethyl adjacent to an activating group) is 1. The second-order valence-corrected chi connectivity index (χ2v) is 16.8. The highest BCUT2D eigenvalue weighted by Crippen LogP contribution is 2.43. The van der Waals surface area contributed by atoms with Crippen LogP contribution in [0.1, 0.15) is 187 Å². The Balaban J connectivity index is 4.46. The monoisotopic (exact) mass is 718 g/mol. The minimum absolute atomic E-state index is 0.0719. The maximum Gasteiger partial charge on any atom is 0.472 e. The van der Waals surface area contributed by atoms with Crippen molar-refractivity contribution < 1.29 is 32.9 Å². The number of hydrogen-bond acceptors (Lipinski definition) is 5. The molecule has 0 aromatic heterocycles. The van der Waals surface area contributed by atoms with Crippen molar-refractivity contribution >= 4 is 13.7 Å². The van der Waals surface area contributed by atoms with Gasteiger partial charge in [0.15, 0.2) is 0 Å². The molecule has 0 aliphatic heterocycles. The van der Waals surface area contributed by atoms with Crippen LogP contribution in [0.5, 0.6) is 0 Å². The van der Waals surface area contributed by atoms with Gasteiger partial charge in [0.05, 0.1) is 39.9 Å². The van der Waals surface area contributed by atoms with E-state index >= 15 is 0 Å². The Bertz CT molecular complexity index is 819. The van der Waals surface area contributed by atoms with Crippen LogP contribution in [0.15, 0.2) is 12.2 Å². The average Bonchev–Trinajstić information content (AvgIpc) is 3.04. The molecular formula is C40H82N2O6P+. The first kappa shape index (κ1) is 48.2. The minimum atomic E-state index is -4.31. The van der Waals surface area contributed by atoms with Gasteiger partial charge in [-0.25, -0.2) is 4.57 Å². The van der Waals surface area contributed by atoms with Crippen LogP contribution in [0, 0.1) is 0 Å². The molecule has 3 atom stereocenters. The number of unbranched alkanes of at least 4 members (excludes halogenated alkanes) is 22. The fourth-order valence-electron chi connectivity index (χ4n) is 5.92. The van der Waals surface area contributed by atoms with Crippen molar-refractivity contribution in [3.05, 3.63) is 12.2 Å². The molecule has 0 aliphatic rings. The van der Waals surface area contributed by atoms with Gasteiger partial charge in [0.1, 0.15) is 13.2 Å². The summed E-state index contributed by atoms with van der Waals surface area (Å²) < 4.78 is 23.5. The number of phosphoric ester groups is 1. The number of carbonyl (C=O) groups excluding carboxylic acids is 1. The van der Waals surface area contributed by atoms with Gasteiger partial charge >= 0.3 is 7.82 Å². The SMILES string of the molecule is CCCCCCCCCCC/C=C/CCCC[C@@H](O)[C@H](COP(=O)(O)OCC[N+](C)(C)C)NC(=O)CCCCCCCCCCCCCC. The molecule has 8 nitrogen and oxygen atoms in total. The van der Waals surface area contributed by atoms with E-state index in [9.17, 15) is 19.4 Å². The largest absolute Gasteiger partial charge is 0.472 e. The fourth-order valence-corrected chi connectivity index (χ4v) is 6.66. The first-order valence-electron chi connectivity index (χ1n) is 20.6. The zero-order valence-corrected chi connectivity index (χ0v) is 33.8. The molecule has 0 aromatic carbocycles. The standard InChI is InChI=1S/C40H81N2O6P/c1-6-8-10-12-14-16-18-20-21-22-23-25-27-29-31-33-39(43)38(37-48-49(45,46)47-36-35-42(3,4)5)41-40(44)34-32-30-28-26-24-19-17-15-13-11-9-7-2/h23,25,38-39,43H,6-22,24,26-37H2,1-5H3,(H-,41,44,45,46)/p+1/b25-23+/t38-,39+/m0/s1. The minimum Gasteiger partial charge on any atom is -0.391 e. The topological polar surface area (TPSA) is 105 Å². The van der Waals surface area contributed by atoms with Gasteiger partial charge in [-0.3, -0.25) is 13.8 Å². The lowest BCUT2D eigenvalue weighted by Crippen LogP contribution is -2.46. The molecule has 0 saturated heterocycles. The van der Waals surface area contributed by atoms with Crippen molar-refractivity contribution in [2.75, 3.05) is 40.9 Å². The number of nitrogens with zero attached hydrogens (tertiary/aromatic N) is 1. The fraction of sp³-hybridized carbons (Fsp3) is 0.925. The number of hydrogen-bond donors (Lipinski definition) is 3. The molecule has 49 heavy (non-hydrogen) atoms. The van der Waals surface area contributed by atoms with E-state index < -0.39 is 20.0 Å². The number of aliphatic hydroxyl groups is 1. The van der Waals surface area contributed by atoms with Gasteiger partial charge < -0.3 is 19.8 Å². The number of phosphoric acid groups is 1. The predicted octanol–water partition coefficient (Wildman–Crippen LogP) is 10.8. The van der Waals surface area contributed by atoms with E-state index in [0.717, 1.165) is 44.9 Å². The van der Waals surface area contributed by atoms with Gasteiger partial charge in [0, 0.05) is 6.42 Å². The summed E-state index contributed by atoms with van der Waals surface area (Å²) in [6, 6.07) is -0.769. The molecular weight excluding hydrogens is 635 g/mol. The van der Waals surface area contributed by atoms with Crippen molar-refractivity contribution in [1.29, 1.82) is 0 Å². The highest BCUT2D eigenvalue weighted by atomic mass is 31.2. The first-order chi connectivity index (χ1) is 23.5. The molecule has 0 aromatic rings. The summed E-state index contributed by atoms with van der Waals surface area (Å²) in [5, 5.41) is 13.9. The number of carbonyl (C=O) groups is 1. The van der Waals surface area contributed by atoms with Crippen LogP contribution in [0.4, 0.5) is 0 Å². The summed E-state index contributed by atoms with van der Waals surface area (Å²) in [6.45, 7) is 4.85. The highest BCUT2D eigenvalue weighted by molar-refractivity contribution is 7.47. The van der Waals surface area contributed by atoms with Crippen molar-refractivity contribution in [1.82, 2.24) is 5.32 Å². The summed E-state index contributed by atoms with van der Waals surface area (Å²) in [4.78, 5) is 23.0. The molecule has 0 aliphatic carbocycles. The highest BCUT2D eigenvalue weighted by Gasteiger charge is 2.28. The van der Waals surface area contributed by atoms with E-state index in [1.807, 2.05) is 21.1 Å². The molecule has 0 radical (unpaired) electrons. The van der Waals surface area contributed by atoms with Crippen LogP contribution in [0.25, 0.3) is 0 Å². The van der Waals surface area contributed by atoms with Gasteiger partial charge in [-0.1, -0.05) is 154 Å². The Hall–Kier alpha value is -0.760. The quantitative estimate of drug-likeness (QED) is 0.0256. The average molecular weight is 718 g/mol. The molecule has 0 bridgehead atoms. The van der Waals surface area contributed by atoms with Gasteiger partial charge in [-0.15, -0.1) is 0 Å². The molecule has 0 fully saturated rings. The Morgan fingerprint density at radius 1 is 0.673 bits per heavy atom. The summed E-state index contributed by atoms with van der Waals surface area (Å²) in [6.07, 6.45) is 35.2. The smallest absolute Gasteiger partial charge is 0.391 e. The number of nitrogens with one attached hydrogen (secondary N) is 1. The number of allylic oxidation sites excluding steroid dienone is 2. The van der Waals surface area contributed by atoms with Crippen LogP contribution >= 0.6 is 7.82 Å². The lowest BCUT2D eigenvalue weighted by Gasteiger charge is -2.26. The molecule has 9 heteroatoms. The third-order valence-electron chi connectivity index (χ3n) is 9.26. The van der Waals surface area contributed by atoms with Gasteiger partial charge in [0.2, 0.25) is 5.91 Å². The van der Waals surface area contributed by atoms with E-state index in [2.05, 4.69) is 31.3 Å². The Kier molecular flexibility index (Phi) is 32.6. The lowest BCUT2D eigenvalue weighted by atomic mass is 10.0. The maximum absolute atomic E-state index is 12.8. The maximum atomic E-state index is 12.8. The summed E-state index contributed by atoms with van der Waals surface area (Å²) in [5.74, 6) is -0.155. The van der Waals surface area contributed by atoms with Crippen molar-refractivity contribution in [2.45, 2.75) is 199 Å². The molecule has 0 rings (SSSR count). The van der Waals surface area contributed by atoms with Crippen LogP contribution in [0.3, 0.4) is 0 Å². The van der Waals surface area contributed by atoms with Gasteiger partial charge in [-0.2, -0.15) is 0 Å².